The molecular formula is C25H28N8O2. The number of aliphatic hydroxyl groups is 1. The van der Waals surface area contributed by atoms with Gasteiger partial charge in [-0.15, -0.1) is 0 Å². The van der Waals surface area contributed by atoms with Crippen LogP contribution in [-0.4, -0.2) is 75.0 Å². The minimum atomic E-state index is -0.146. The molecular weight excluding hydrogens is 444 g/mol. The Hall–Kier alpha value is -4.02. The van der Waals surface area contributed by atoms with Crippen LogP contribution in [0.2, 0.25) is 0 Å². The van der Waals surface area contributed by atoms with Gasteiger partial charge in [0.2, 0.25) is 11.9 Å². The van der Waals surface area contributed by atoms with Crippen molar-refractivity contribution in [1.82, 2.24) is 30.1 Å². The number of nitrogens with zero attached hydrogens (tertiary/aromatic N) is 5. The van der Waals surface area contributed by atoms with E-state index in [4.69, 9.17) is 0 Å². The number of amides is 1. The summed E-state index contributed by atoms with van der Waals surface area (Å²) < 4.78 is 0. The molecule has 1 saturated heterocycles. The van der Waals surface area contributed by atoms with Gasteiger partial charge < -0.3 is 21.1 Å². The van der Waals surface area contributed by atoms with Crippen molar-refractivity contribution in [3.05, 3.63) is 72.4 Å². The standard InChI is InChI=1S/C25H28N8O2/c34-21-14-28-23-5-4-19(13-27-23)22-6-7-26-25(31-22)30-20-3-1-2-18(12-20)16-32-8-10-33(11-9-32)17-24(35)29-15-21/h1-7,12-13,15,34H,8-11,14,16-17H2,(H,27,28)(H,29,35)(H,26,30,31)/b21-15-. The molecule has 0 spiro atoms. The van der Waals surface area contributed by atoms with Gasteiger partial charge in [0.25, 0.3) is 0 Å². The van der Waals surface area contributed by atoms with E-state index in [9.17, 15) is 9.90 Å². The molecule has 2 aromatic heterocycles. The molecule has 10 heteroatoms. The molecule has 1 aromatic carbocycles. The fraction of sp³-hybridized carbons (Fsp3) is 0.280. The molecule has 35 heavy (non-hydrogen) atoms. The van der Waals surface area contributed by atoms with Crippen LogP contribution >= 0.6 is 0 Å². The van der Waals surface area contributed by atoms with Crippen LogP contribution in [-0.2, 0) is 11.3 Å². The van der Waals surface area contributed by atoms with Crippen molar-refractivity contribution < 1.29 is 9.90 Å². The summed E-state index contributed by atoms with van der Waals surface area (Å²) in [6.45, 7) is 4.65. The smallest absolute Gasteiger partial charge is 0.238 e. The first-order valence-corrected chi connectivity index (χ1v) is 11.6. The van der Waals surface area contributed by atoms with Crippen molar-refractivity contribution >= 4 is 23.4 Å². The molecule has 0 saturated carbocycles. The lowest BCUT2D eigenvalue weighted by Gasteiger charge is -2.34. The zero-order chi connectivity index (χ0) is 24.0. The molecule has 180 valence electrons. The lowest BCUT2D eigenvalue weighted by molar-refractivity contribution is -0.121. The fourth-order valence-electron chi connectivity index (χ4n) is 4.11. The quantitative estimate of drug-likeness (QED) is 0.391. The zero-order valence-electron chi connectivity index (χ0n) is 19.3. The number of rotatable bonds is 0. The van der Waals surface area contributed by atoms with E-state index in [0.29, 0.717) is 18.3 Å². The molecule has 8 rings (SSSR count). The highest BCUT2D eigenvalue weighted by Crippen LogP contribution is 2.21. The van der Waals surface area contributed by atoms with Crippen molar-refractivity contribution in [1.29, 1.82) is 0 Å². The molecule has 0 aliphatic carbocycles. The maximum atomic E-state index is 12.3. The minimum absolute atomic E-state index is 0.0145. The van der Waals surface area contributed by atoms with Gasteiger partial charge >= 0.3 is 0 Å². The Morgan fingerprint density at radius 1 is 0.943 bits per heavy atom. The van der Waals surface area contributed by atoms with Gasteiger partial charge in [-0.1, -0.05) is 12.1 Å². The Morgan fingerprint density at radius 3 is 2.57 bits per heavy atom. The number of piperazine rings is 1. The van der Waals surface area contributed by atoms with E-state index in [1.165, 1.54) is 11.8 Å². The monoisotopic (exact) mass is 472 g/mol. The average Bonchev–Trinajstić information content (AvgIpc) is 2.88. The van der Waals surface area contributed by atoms with Gasteiger partial charge in [0.05, 0.1) is 18.8 Å². The second kappa shape index (κ2) is 10.5. The van der Waals surface area contributed by atoms with Gasteiger partial charge in [0.15, 0.2) is 0 Å². The topological polar surface area (TPSA) is 119 Å². The van der Waals surface area contributed by atoms with E-state index in [0.717, 1.165) is 49.7 Å². The SMILES string of the molecule is O=C1CN2CCN(CC2)Cc2cccc(c2)Nc2nccc(n2)-c2ccc(nc2)NC/C(O)=C/N1. The zero-order valence-corrected chi connectivity index (χ0v) is 19.3. The number of nitrogens with one attached hydrogen (secondary N) is 3. The van der Waals surface area contributed by atoms with Crippen molar-refractivity contribution in [2.24, 2.45) is 0 Å². The minimum Gasteiger partial charge on any atom is -0.509 e. The second-order valence-corrected chi connectivity index (χ2v) is 8.63. The van der Waals surface area contributed by atoms with E-state index >= 15 is 0 Å². The molecule has 0 unspecified atom stereocenters. The number of hydrogen-bond acceptors (Lipinski definition) is 9. The van der Waals surface area contributed by atoms with E-state index in [-0.39, 0.29) is 18.2 Å². The number of carbonyl (C=O) groups is 1. The molecule has 4 N–H and O–H groups in total. The molecule has 0 atom stereocenters. The summed E-state index contributed by atoms with van der Waals surface area (Å²) in [5.74, 6) is 0.981. The van der Waals surface area contributed by atoms with E-state index < -0.39 is 0 Å². The van der Waals surface area contributed by atoms with Crippen molar-refractivity contribution in [3.63, 3.8) is 0 Å². The summed E-state index contributed by atoms with van der Waals surface area (Å²) in [6.07, 6.45) is 4.77. The number of hydrogen-bond donors (Lipinski definition) is 4. The lowest BCUT2D eigenvalue weighted by atomic mass is 10.1. The van der Waals surface area contributed by atoms with Gasteiger partial charge in [-0.25, -0.2) is 15.0 Å². The van der Waals surface area contributed by atoms with Gasteiger partial charge in [-0.05, 0) is 35.9 Å². The van der Waals surface area contributed by atoms with Crippen molar-refractivity contribution in [2.45, 2.75) is 6.54 Å². The molecule has 5 aliphatic heterocycles. The highest BCUT2D eigenvalue weighted by Gasteiger charge is 2.19. The first kappa shape index (κ1) is 22.8. The van der Waals surface area contributed by atoms with Crippen LogP contribution < -0.4 is 16.0 Å². The van der Waals surface area contributed by atoms with Crippen LogP contribution in [0.25, 0.3) is 11.3 Å². The van der Waals surface area contributed by atoms with Crippen molar-refractivity contribution in [2.75, 3.05) is 49.9 Å². The molecule has 0 radical (unpaired) electrons. The van der Waals surface area contributed by atoms with E-state index in [1.807, 2.05) is 30.3 Å². The summed E-state index contributed by atoms with van der Waals surface area (Å²) in [5.41, 5.74) is 3.72. The van der Waals surface area contributed by atoms with Crippen LogP contribution in [0.5, 0.6) is 0 Å². The number of pyridine rings is 1. The number of anilines is 3. The fourth-order valence-corrected chi connectivity index (χ4v) is 4.11. The summed E-state index contributed by atoms with van der Waals surface area (Å²) in [6, 6.07) is 13.8. The van der Waals surface area contributed by atoms with E-state index in [2.05, 4.69) is 52.8 Å². The third-order valence-electron chi connectivity index (χ3n) is 5.99. The highest BCUT2D eigenvalue weighted by molar-refractivity contribution is 5.79. The second-order valence-electron chi connectivity index (χ2n) is 8.63. The predicted molar refractivity (Wildman–Crippen MR) is 134 cm³/mol. The van der Waals surface area contributed by atoms with Gasteiger partial charge in [0, 0.05) is 62.6 Å². The number of aromatic nitrogens is 3. The predicted octanol–water partition coefficient (Wildman–Crippen LogP) is 2.34. The number of aliphatic hydroxyl groups excluding tert-OH is 1. The van der Waals surface area contributed by atoms with Crippen LogP contribution in [0.15, 0.2) is 66.8 Å². The summed E-state index contributed by atoms with van der Waals surface area (Å²) in [7, 11) is 0. The Morgan fingerprint density at radius 2 is 1.77 bits per heavy atom. The largest absolute Gasteiger partial charge is 0.509 e. The Kier molecular flexibility index (Phi) is 6.82. The average molecular weight is 473 g/mol. The normalized spacial score (nSPS) is 22.3. The Bertz CT molecular complexity index is 1210. The molecule has 1 amide bonds. The summed E-state index contributed by atoms with van der Waals surface area (Å²) >= 11 is 0. The van der Waals surface area contributed by atoms with Crippen molar-refractivity contribution in [3.8, 4) is 11.3 Å². The number of carbonyl (C=O) groups excluding carboxylic acids is 1. The molecule has 1 fully saturated rings. The molecule has 8 bridgehead atoms. The van der Waals surface area contributed by atoms with E-state index in [1.54, 1.807) is 12.4 Å². The lowest BCUT2D eigenvalue weighted by Crippen LogP contribution is -2.48. The van der Waals surface area contributed by atoms with Crippen LogP contribution in [0, 0.1) is 0 Å². The maximum absolute atomic E-state index is 12.3. The molecule has 3 aromatic rings. The van der Waals surface area contributed by atoms with Crippen LogP contribution in [0.3, 0.4) is 0 Å². The first-order valence-electron chi connectivity index (χ1n) is 11.6. The van der Waals surface area contributed by atoms with Gasteiger partial charge in [-0.2, -0.15) is 0 Å². The highest BCUT2D eigenvalue weighted by atomic mass is 16.3. The summed E-state index contributed by atoms with van der Waals surface area (Å²) in [4.78, 5) is 30.2. The number of benzene rings is 1. The van der Waals surface area contributed by atoms with Gasteiger partial charge in [0.1, 0.15) is 11.6 Å². The third-order valence-corrected chi connectivity index (χ3v) is 5.99. The Labute approximate surface area is 203 Å². The molecule has 5 aliphatic rings. The maximum Gasteiger partial charge on any atom is 0.238 e. The first-order chi connectivity index (χ1) is 17.1. The Balaban J connectivity index is 1.39. The summed E-state index contributed by atoms with van der Waals surface area (Å²) in [5, 5.41) is 19.2. The molecule has 10 nitrogen and oxygen atoms in total. The molecule has 7 heterocycles. The third kappa shape index (κ3) is 6.11. The van der Waals surface area contributed by atoms with Crippen LogP contribution in [0.4, 0.5) is 17.5 Å². The van der Waals surface area contributed by atoms with Crippen LogP contribution in [0.1, 0.15) is 5.56 Å². The van der Waals surface area contributed by atoms with Gasteiger partial charge in [-0.3, -0.25) is 14.6 Å².